The molecule has 1 atom stereocenters. The molecule has 1 aromatic carbocycles. The van der Waals surface area contributed by atoms with Gasteiger partial charge in [-0.2, -0.15) is 13.2 Å². The molecule has 0 radical (unpaired) electrons. The maximum atomic E-state index is 12.4. The molecular formula is C13H10F3NO3. The maximum absolute atomic E-state index is 12.4. The van der Waals surface area contributed by atoms with Gasteiger partial charge in [0, 0.05) is 6.07 Å². The third-order valence-electron chi connectivity index (χ3n) is 2.64. The minimum absolute atomic E-state index is 0.00348. The van der Waals surface area contributed by atoms with Crippen LogP contribution < -0.4 is 0 Å². The SMILES string of the molecule is CC(OC(=O)c1ccon1)c1ccc(C(F)(F)F)cc1. The summed E-state index contributed by atoms with van der Waals surface area (Å²) < 4.78 is 46.8. The van der Waals surface area contributed by atoms with Crippen LogP contribution in [0.2, 0.25) is 0 Å². The van der Waals surface area contributed by atoms with Crippen molar-refractivity contribution in [3.05, 3.63) is 53.4 Å². The molecule has 0 aliphatic rings. The number of alkyl halides is 3. The number of carbonyl (C=O) groups excluding carboxylic acids is 1. The molecule has 0 aliphatic carbocycles. The first-order valence-electron chi connectivity index (χ1n) is 5.66. The average molecular weight is 285 g/mol. The highest BCUT2D eigenvalue weighted by Gasteiger charge is 2.30. The number of esters is 1. The molecule has 0 fully saturated rings. The van der Waals surface area contributed by atoms with E-state index in [1.807, 2.05) is 0 Å². The lowest BCUT2D eigenvalue weighted by Gasteiger charge is -2.13. The second-order valence-electron chi connectivity index (χ2n) is 4.05. The lowest BCUT2D eigenvalue weighted by Crippen LogP contribution is -2.10. The van der Waals surface area contributed by atoms with Crippen LogP contribution in [0.4, 0.5) is 13.2 Å². The van der Waals surface area contributed by atoms with E-state index >= 15 is 0 Å². The van der Waals surface area contributed by atoms with Gasteiger partial charge in [0.2, 0.25) is 0 Å². The van der Waals surface area contributed by atoms with Gasteiger partial charge in [-0.05, 0) is 24.6 Å². The number of rotatable bonds is 3. The van der Waals surface area contributed by atoms with Crippen LogP contribution in [0.5, 0.6) is 0 Å². The number of carbonyl (C=O) groups is 1. The predicted molar refractivity (Wildman–Crippen MR) is 61.8 cm³/mol. The Bertz CT molecular complexity index is 576. The average Bonchev–Trinajstić information content (AvgIpc) is 2.91. The molecule has 106 valence electrons. The van der Waals surface area contributed by atoms with Gasteiger partial charge in [0.05, 0.1) is 5.56 Å². The molecule has 2 rings (SSSR count). The number of nitrogens with zero attached hydrogens (tertiary/aromatic N) is 1. The fourth-order valence-electron chi connectivity index (χ4n) is 1.55. The summed E-state index contributed by atoms with van der Waals surface area (Å²) in [5, 5.41) is 3.41. The van der Waals surface area contributed by atoms with E-state index in [4.69, 9.17) is 4.74 Å². The summed E-state index contributed by atoms with van der Waals surface area (Å²) >= 11 is 0. The summed E-state index contributed by atoms with van der Waals surface area (Å²) in [5.74, 6) is -0.703. The molecule has 0 N–H and O–H groups in total. The van der Waals surface area contributed by atoms with E-state index in [0.717, 1.165) is 12.1 Å². The number of hydrogen-bond donors (Lipinski definition) is 0. The Hall–Kier alpha value is -2.31. The smallest absolute Gasteiger partial charge is 0.416 e. The molecule has 1 aromatic heterocycles. The quantitative estimate of drug-likeness (QED) is 0.808. The molecule has 0 aliphatic heterocycles. The maximum Gasteiger partial charge on any atom is 0.416 e. The van der Waals surface area contributed by atoms with Crippen molar-refractivity contribution in [1.29, 1.82) is 0 Å². The summed E-state index contributed by atoms with van der Waals surface area (Å²) in [5.41, 5.74) is -0.296. The Kier molecular flexibility index (Phi) is 3.78. The van der Waals surface area contributed by atoms with Gasteiger partial charge in [-0.25, -0.2) is 4.79 Å². The van der Waals surface area contributed by atoms with Crippen molar-refractivity contribution in [1.82, 2.24) is 5.16 Å². The fraction of sp³-hybridized carbons (Fsp3) is 0.231. The molecule has 0 saturated carbocycles. The molecular weight excluding hydrogens is 275 g/mol. The Morgan fingerprint density at radius 2 is 1.90 bits per heavy atom. The van der Waals surface area contributed by atoms with Crippen LogP contribution in [0, 0.1) is 0 Å². The van der Waals surface area contributed by atoms with Crippen LogP contribution >= 0.6 is 0 Å². The Morgan fingerprint density at radius 1 is 1.25 bits per heavy atom. The van der Waals surface area contributed by atoms with E-state index in [1.165, 1.54) is 24.5 Å². The summed E-state index contributed by atoms with van der Waals surface area (Å²) in [7, 11) is 0. The zero-order valence-electron chi connectivity index (χ0n) is 10.3. The van der Waals surface area contributed by atoms with Gasteiger partial charge in [-0.15, -0.1) is 0 Å². The highest BCUT2D eigenvalue weighted by molar-refractivity contribution is 5.87. The van der Waals surface area contributed by atoms with Crippen LogP contribution in [-0.2, 0) is 10.9 Å². The minimum Gasteiger partial charge on any atom is -0.453 e. The van der Waals surface area contributed by atoms with Gasteiger partial charge >= 0.3 is 12.1 Å². The topological polar surface area (TPSA) is 52.3 Å². The zero-order valence-corrected chi connectivity index (χ0v) is 10.3. The lowest BCUT2D eigenvalue weighted by atomic mass is 10.1. The normalized spacial score (nSPS) is 13.0. The van der Waals surface area contributed by atoms with Gasteiger partial charge in [0.15, 0.2) is 5.69 Å². The molecule has 0 bridgehead atoms. The van der Waals surface area contributed by atoms with Crippen molar-refractivity contribution >= 4 is 5.97 Å². The molecule has 1 heterocycles. The highest BCUT2D eigenvalue weighted by Crippen LogP contribution is 2.30. The summed E-state index contributed by atoms with van der Waals surface area (Å²) in [6.07, 6.45) is -3.86. The van der Waals surface area contributed by atoms with Crippen molar-refractivity contribution in [2.75, 3.05) is 0 Å². The fourth-order valence-corrected chi connectivity index (χ4v) is 1.55. The Morgan fingerprint density at radius 3 is 2.40 bits per heavy atom. The van der Waals surface area contributed by atoms with E-state index in [2.05, 4.69) is 9.68 Å². The Labute approximate surface area is 112 Å². The van der Waals surface area contributed by atoms with Crippen LogP contribution in [0.3, 0.4) is 0 Å². The van der Waals surface area contributed by atoms with Crippen LogP contribution in [0.25, 0.3) is 0 Å². The van der Waals surface area contributed by atoms with E-state index in [1.54, 1.807) is 6.92 Å². The monoisotopic (exact) mass is 285 g/mol. The Balaban J connectivity index is 2.06. The molecule has 0 spiro atoms. The van der Waals surface area contributed by atoms with Crippen molar-refractivity contribution < 1.29 is 27.2 Å². The number of hydrogen-bond acceptors (Lipinski definition) is 4. The first kappa shape index (κ1) is 14.1. The third-order valence-corrected chi connectivity index (χ3v) is 2.64. The van der Waals surface area contributed by atoms with Gasteiger partial charge in [-0.1, -0.05) is 17.3 Å². The number of aromatic nitrogens is 1. The van der Waals surface area contributed by atoms with Crippen molar-refractivity contribution in [3.63, 3.8) is 0 Å². The largest absolute Gasteiger partial charge is 0.453 e. The van der Waals surface area contributed by atoms with Gasteiger partial charge in [0.25, 0.3) is 0 Å². The van der Waals surface area contributed by atoms with Gasteiger partial charge < -0.3 is 9.26 Å². The minimum atomic E-state index is -4.39. The number of benzene rings is 1. The van der Waals surface area contributed by atoms with E-state index in [0.29, 0.717) is 5.56 Å². The molecule has 2 aromatic rings. The van der Waals surface area contributed by atoms with Crippen molar-refractivity contribution in [2.45, 2.75) is 19.2 Å². The molecule has 0 saturated heterocycles. The van der Waals surface area contributed by atoms with Gasteiger partial charge in [-0.3, -0.25) is 0 Å². The first-order valence-corrected chi connectivity index (χ1v) is 5.66. The van der Waals surface area contributed by atoms with E-state index < -0.39 is 23.8 Å². The molecule has 4 nitrogen and oxygen atoms in total. The molecule has 1 unspecified atom stereocenters. The predicted octanol–water partition coefficient (Wildman–Crippen LogP) is 3.61. The van der Waals surface area contributed by atoms with Crippen LogP contribution in [0.15, 0.2) is 41.1 Å². The number of ether oxygens (including phenoxy) is 1. The first-order chi connectivity index (χ1) is 9.38. The summed E-state index contributed by atoms with van der Waals surface area (Å²) in [4.78, 5) is 11.6. The van der Waals surface area contributed by atoms with Crippen molar-refractivity contribution in [3.8, 4) is 0 Å². The second-order valence-corrected chi connectivity index (χ2v) is 4.05. The number of halogens is 3. The summed E-state index contributed by atoms with van der Waals surface area (Å²) in [6.45, 7) is 1.56. The summed E-state index contributed by atoms with van der Waals surface area (Å²) in [6, 6.07) is 5.75. The highest BCUT2D eigenvalue weighted by atomic mass is 19.4. The molecule has 7 heteroatoms. The van der Waals surface area contributed by atoms with E-state index in [-0.39, 0.29) is 5.69 Å². The standard InChI is InChI=1S/C13H10F3NO3/c1-8(20-12(18)11-6-7-19-17-11)9-2-4-10(5-3-9)13(14,15)16/h2-8H,1H3. The zero-order chi connectivity index (χ0) is 14.8. The van der Waals surface area contributed by atoms with Crippen LogP contribution in [0.1, 0.15) is 34.6 Å². The van der Waals surface area contributed by atoms with E-state index in [9.17, 15) is 18.0 Å². The third kappa shape index (κ3) is 3.17. The second kappa shape index (κ2) is 5.36. The molecule has 20 heavy (non-hydrogen) atoms. The van der Waals surface area contributed by atoms with Gasteiger partial charge in [0.1, 0.15) is 12.4 Å². The molecule has 0 amide bonds. The lowest BCUT2D eigenvalue weighted by molar-refractivity contribution is -0.137. The van der Waals surface area contributed by atoms with Crippen LogP contribution in [-0.4, -0.2) is 11.1 Å². The van der Waals surface area contributed by atoms with Crippen molar-refractivity contribution in [2.24, 2.45) is 0 Å².